The van der Waals surface area contributed by atoms with E-state index in [4.69, 9.17) is 21.7 Å². The zero-order valence-electron chi connectivity index (χ0n) is 15.8. The Labute approximate surface area is 160 Å². The first kappa shape index (κ1) is 18.5. The van der Waals surface area contributed by atoms with Crippen molar-refractivity contribution in [1.29, 1.82) is 0 Å². The number of thiocarbonyl (C=S) groups is 1. The SMILES string of the molecule is CCOc1cc2c(cc1CNC(=S)Nc1ccc(C)c(C)c1)O[C@@H](C)C2. The van der Waals surface area contributed by atoms with E-state index in [0.29, 0.717) is 18.3 Å². The molecule has 0 spiro atoms. The second kappa shape index (κ2) is 7.96. The van der Waals surface area contributed by atoms with Gasteiger partial charge in [-0.3, -0.25) is 0 Å². The van der Waals surface area contributed by atoms with Crippen molar-refractivity contribution in [3.05, 3.63) is 52.6 Å². The maximum atomic E-state index is 5.88. The lowest BCUT2D eigenvalue weighted by atomic mass is 10.1. The Morgan fingerprint density at radius 2 is 2.04 bits per heavy atom. The molecular formula is C21H26N2O2S. The van der Waals surface area contributed by atoms with Gasteiger partial charge < -0.3 is 20.1 Å². The van der Waals surface area contributed by atoms with Crippen LogP contribution in [-0.2, 0) is 13.0 Å². The number of fused-ring (bicyclic) bond motifs is 1. The van der Waals surface area contributed by atoms with Crippen molar-refractivity contribution in [3.8, 4) is 11.5 Å². The molecule has 1 aliphatic rings. The molecule has 0 bridgehead atoms. The molecule has 0 saturated heterocycles. The summed E-state index contributed by atoms with van der Waals surface area (Å²) < 4.78 is 11.7. The highest BCUT2D eigenvalue weighted by Gasteiger charge is 2.21. The molecule has 138 valence electrons. The zero-order valence-corrected chi connectivity index (χ0v) is 16.6. The highest BCUT2D eigenvalue weighted by atomic mass is 32.1. The third-order valence-corrected chi connectivity index (χ3v) is 4.83. The molecule has 1 atom stereocenters. The van der Waals surface area contributed by atoms with Crippen molar-refractivity contribution < 1.29 is 9.47 Å². The fraction of sp³-hybridized carbons (Fsp3) is 0.381. The summed E-state index contributed by atoms with van der Waals surface area (Å²) >= 11 is 5.44. The van der Waals surface area contributed by atoms with Gasteiger partial charge in [-0.1, -0.05) is 6.07 Å². The van der Waals surface area contributed by atoms with Gasteiger partial charge in [0.2, 0.25) is 0 Å². The number of rotatable bonds is 5. The number of anilines is 1. The second-order valence-corrected chi connectivity index (χ2v) is 7.15. The Hall–Kier alpha value is -2.27. The maximum absolute atomic E-state index is 5.88. The van der Waals surface area contributed by atoms with Crippen molar-refractivity contribution in [2.45, 2.75) is 46.8 Å². The topological polar surface area (TPSA) is 42.5 Å². The maximum Gasteiger partial charge on any atom is 0.171 e. The highest BCUT2D eigenvalue weighted by molar-refractivity contribution is 7.80. The van der Waals surface area contributed by atoms with Crippen LogP contribution in [0.1, 0.15) is 36.1 Å². The zero-order chi connectivity index (χ0) is 18.7. The van der Waals surface area contributed by atoms with E-state index in [9.17, 15) is 0 Å². The first-order valence-electron chi connectivity index (χ1n) is 9.03. The summed E-state index contributed by atoms with van der Waals surface area (Å²) in [4.78, 5) is 0. The van der Waals surface area contributed by atoms with Crippen molar-refractivity contribution in [2.24, 2.45) is 0 Å². The second-order valence-electron chi connectivity index (χ2n) is 6.74. The van der Waals surface area contributed by atoms with Crippen molar-refractivity contribution >= 4 is 23.0 Å². The third kappa shape index (κ3) is 4.28. The summed E-state index contributed by atoms with van der Waals surface area (Å²) in [6.45, 7) is 9.49. The molecule has 5 heteroatoms. The molecular weight excluding hydrogens is 344 g/mol. The van der Waals surface area contributed by atoms with Crippen LogP contribution in [0.2, 0.25) is 0 Å². The van der Waals surface area contributed by atoms with Crippen LogP contribution in [0.4, 0.5) is 5.69 Å². The average Bonchev–Trinajstić information content (AvgIpc) is 2.95. The predicted molar refractivity (Wildman–Crippen MR) is 110 cm³/mol. The largest absolute Gasteiger partial charge is 0.494 e. The molecule has 0 fully saturated rings. The van der Waals surface area contributed by atoms with Gasteiger partial charge in [-0.2, -0.15) is 0 Å². The predicted octanol–water partition coefficient (Wildman–Crippen LogP) is 4.51. The Balaban J connectivity index is 1.67. The normalized spacial score (nSPS) is 15.2. The molecule has 0 aliphatic carbocycles. The fourth-order valence-electron chi connectivity index (χ4n) is 3.08. The van der Waals surface area contributed by atoms with E-state index in [2.05, 4.69) is 55.7 Å². The number of ether oxygens (including phenoxy) is 2. The van der Waals surface area contributed by atoms with Crippen LogP contribution in [0, 0.1) is 13.8 Å². The van der Waals surface area contributed by atoms with E-state index in [1.54, 1.807) is 0 Å². The van der Waals surface area contributed by atoms with Crippen LogP contribution >= 0.6 is 12.2 Å². The summed E-state index contributed by atoms with van der Waals surface area (Å²) in [5.74, 6) is 1.84. The van der Waals surface area contributed by atoms with Crippen LogP contribution in [0.15, 0.2) is 30.3 Å². The van der Waals surface area contributed by atoms with Gasteiger partial charge in [-0.05, 0) is 75.3 Å². The molecule has 26 heavy (non-hydrogen) atoms. The van der Waals surface area contributed by atoms with Gasteiger partial charge in [-0.25, -0.2) is 0 Å². The molecule has 2 aromatic carbocycles. The first-order valence-corrected chi connectivity index (χ1v) is 9.44. The van der Waals surface area contributed by atoms with E-state index in [-0.39, 0.29) is 6.10 Å². The summed E-state index contributed by atoms with van der Waals surface area (Å²) in [6.07, 6.45) is 1.14. The van der Waals surface area contributed by atoms with Crippen LogP contribution in [-0.4, -0.2) is 17.8 Å². The van der Waals surface area contributed by atoms with Gasteiger partial charge >= 0.3 is 0 Å². The Kier molecular flexibility index (Phi) is 5.67. The molecule has 4 nitrogen and oxygen atoms in total. The lowest BCUT2D eigenvalue weighted by Crippen LogP contribution is -2.28. The summed E-state index contributed by atoms with van der Waals surface area (Å²) in [5.41, 5.74) is 5.75. The molecule has 3 rings (SSSR count). The Morgan fingerprint density at radius 1 is 1.23 bits per heavy atom. The molecule has 1 aliphatic heterocycles. The minimum atomic E-state index is 0.218. The number of benzene rings is 2. The molecule has 2 aromatic rings. The molecule has 2 N–H and O–H groups in total. The van der Waals surface area contributed by atoms with Crippen LogP contribution < -0.4 is 20.1 Å². The van der Waals surface area contributed by atoms with Crippen LogP contribution in [0.25, 0.3) is 0 Å². The summed E-state index contributed by atoms with van der Waals surface area (Å²) in [7, 11) is 0. The van der Waals surface area contributed by atoms with Crippen molar-refractivity contribution in [3.63, 3.8) is 0 Å². The standard InChI is InChI=1S/C21H26N2O2S/c1-5-24-19-10-16-9-15(4)25-20(16)11-17(19)12-22-21(26)23-18-7-6-13(2)14(3)8-18/h6-8,10-11,15H,5,9,12H2,1-4H3,(H2,22,23,26)/t15-/m0/s1. The minimum absolute atomic E-state index is 0.218. The quantitative estimate of drug-likeness (QED) is 0.758. The number of nitrogens with one attached hydrogen (secondary N) is 2. The molecule has 0 saturated carbocycles. The van der Waals surface area contributed by atoms with Gasteiger partial charge in [0.1, 0.15) is 17.6 Å². The summed E-state index contributed by atoms with van der Waals surface area (Å²) in [5, 5.41) is 7.10. The van der Waals surface area contributed by atoms with Gasteiger partial charge in [0, 0.05) is 29.8 Å². The average molecular weight is 371 g/mol. The summed E-state index contributed by atoms with van der Waals surface area (Å²) in [6, 6.07) is 10.4. The van der Waals surface area contributed by atoms with Crippen LogP contribution in [0.5, 0.6) is 11.5 Å². The molecule has 0 unspecified atom stereocenters. The van der Waals surface area contributed by atoms with Crippen molar-refractivity contribution in [2.75, 3.05) is 11.9 Å². The fourth-order valence-corrected chi connectivity index (χ4v) is 3.27. The van der Waals surface area contributed by atoms with E-state index < -0.39 is 0 Å². The van der Waals surface area contributed by atoms with E-state index >= 15 is 0 Å². The lowest BCUT2D eigenvalue weighted by Gasteiger charge is -2.15. The number of hydrogen-bond donors (Lipinski definition) is 2. The lowest BCUT2D eigenvalue weighted by molar-refractivity contribution is 0.254. The van der Waals surface area contributed by atoms with Crippen molar-refractivity contribution in [1.82, 2.24) is 5.32 Å². The van der Waals surface area contributed by atoms with Gasteiger partial charge in [0.15, 0.2) is 5.11 Å². The highest BCUT2D eigenvalue weighted by Crippen LogP contribution is 2.35. The first-order chi connectivity index (χ1) is 12.5. The number of hydrogen-bond acceptors (Lipinski definition) is 3. The van der Waals surface area contributed by atoms with Gasteiger partial charge in [0.05, 0.1) is 6.61 Å². The monoisotopic (exact) mass is 370 g/mol. The number of aryl methyl sites for hydroxylation is 2. The molecule has 0 amide bonds. The molecule has 0 radical (unpaired) electrons. The smallest absolute Gasteiger partial charge is 0.171 e. The van der Waals surface area contributed by atoms with Crippen LogP contribution in [0.3, 0.4) is 0 Å². The van der Waals surface area contributed by atoms with E-state index in [1.807, 2.05) is 13.0 Å². The Morgan fingerprint density at radius 3 is 2.77 bits per heavy atom. The third-order valence-electron chi connectivity index (χ3n) is 4.58. The van der Waals surface area contributed by atoms with Gasteiger partial charge in [0.25, 0.3) is 0 Å². The minimum Gasteiger partial charge on any atom is -0.494 e. The van der Waals surface area contributed by atoms with E-state index in [1.165, 1.54) is 16.7 Å². The van der Waals surface area contributed by atoms with E-state index in [0.717, 1.165) is 29.2 Å². The Bertz CT molecular complexity index is 820. The van der Waals surface area contributed by atoms with Gasteiger partial charge in [-0.15, -0.1) is 0 Å². The molecule has 0 aromatic heterocycles. The molecule has 1 heterocycles.